The first-order valence-corrected chi connectivity index (χ1v) is 9.66. The van der Waals surface area contributed by atoms with Gasteiger partial charge in [-0.1, -0.05) is 35.3 Å². The van der Waals surface area contributed by atoms with Crippen molar-refractivity contribution in [3.63, 3.8) is 0 Å². The number of hydrogen-bond acceptors (Lipinski definition) is 6. The normalized spacial score (nSPS) is 15.8. The second kappa shape index (κ2) is 8.01. The summed E-state index contributed by atoms with van der Waals surface area (Å²) < 4.78 is 13.5. The van der Waals surface area contributed by atoms with E-state index in [0.29, 0.717) is 11.1 Å². The lowest BCUT2D eigenvalue weighted by Gasteiger charge is -2.34. The molecule has 1 aliphatic heterocycles. The lowest BCUT2D eigenvalue weighted by atomic mass is 10.0. The maximum absolute atomic E-state index is 13.5. The minimum absolute atomic E-state index is 0.0751. The third kappa shape index (κ3) is 3.73. The van der Waals surface area contributed by atoms with Gasteiger partial charge in [0.15, 0.2) is 5.82 Å². The largest absolute Gasteiger partial charge is 0.478 e. The van der Waals surface area contributed by atoms with Gasteiger partial charge in [-0.05, 0) is 35.4 Å². The maximum atomic E-state index is 13.5. The van der Waals surface area contributed by atoms with Gasteiger partial charge in [0.25, 0.3) is 0 Å². The quantitative estimate of drug-likeness (QED) is 0.494. The Hall–Kier alpha value is -3.43. The number of benzene rings is 1. The number of hydrogen-bond donors (Lipinski definition) is 3. The van der Waals surface area contributed by atoms with Gasteiger partial charge >= 0.3 is 5.97 Å². The highest BCUT2D eigenvalue weighted by molar-refractivity contribution is 6.34. The molecule has 3 heterocycles. The van der Waals surface area contributed by atoms with E-state index < -0.39 is 29.9 Å². The minimum atomic E-state index is -1.31. The van der Waals surface area contributed by atoms with E-state index in [-0.39, 0.29) is 27.2 Å². The van der Waals surface area contributed by atoms with Crippen LogP contribution in [0.5, 0.6) is 0 Å². The summed E-state index contributed by atoms with van der Waals surface area (Å²) in [5.41, 5.74) is 6.49. The number of nitrogens with one attached hydrogen (secondary N) is 1. The molecule has 2 unspecified atom stereocenters. The molecule has 8 nitrogen and oxygen atoms in total. The zero-order chi connectivity index (χ0) is 22.3. The van der Waals surface area contributed by atoms with Crippen LogP contribution in [0.25, 0.3) is 0 Å². The van der Waals surface area contributed by atoms with Crippen LogP contribution in [-0.2, 0) is 4.79 Å². The molecule has 2 aromatic heterocycles. The molecule has 0 bridgehead atoms. The summed E-state index contributed by atoms with van der Waals surface area (Å²) >= 11 is 12.2. The second-order valence-electron chi connectivity index (χ2n) is 6.71. The summed E-state index contributed by atoms with van der Waals surface area (Å²) in [6.45, 7) is 0. The molecule has 0 saturated heterocycles. The van der Waals surface area contributed by atoms with E-state index in [1.165, 1.54) is 47.6 Å². The molecule has 0 aliphatic carbocycles. The number of nitrogens with two attached hydrogens (primary N) is 1. The molecular formula is C20H14Cl2FN5O3. The highest BCUT2D eigenvalue weighted by atomic mass is 35.5. The van der Waals surface area contributed by atoms with Crippen molar-refractivity contribution < 1.29 is 19.1 Å². The molecule has 0 spiro atoms. The van der Waals surface area contributed by atoms with Gasteiger partial charge in [-0.15, -0.1) is 0 Å². The molecule has 31 heavy (non-hydrogen) atoms. The molecule has 0 fully saturated rings. The molecule has 1 aromatic carbocycles. The first-order chi connectivity index (χ1) is 14.8. The van der Waals surface area contributed by atoms with Crippen LogP contribution in [0.4, 0.5) is 15.9 Å². The second-order valence-corrected chi connectivity index (χ2v) is 7.50. The molecule has 158 valence electrons. The zero-order valence-electron chi connectivity index (χ0n) is 15.6. The van der Waals surface area contributed by atoms with E-state index in [2.05, 4.69) is 15.3 Å². The number of carbonyl (C=O) groups is 2. The van der Waals surface area contributed by atoms with Crippen molar-refractivity contribution in [2.45, 2.75) is 12.2 Å². The lowest BCUT2D eigenvalue weighted by molar-refractivity contribution is -0.119. The predicted molar refractivity (Wildman–Crippen MR) is 113 cm³/mol. The van der Waals surface area contributed by atoms with E-state index in [1.807, 2.05) is 0 Å². The fraction of sp³-hybridized carbons (Fsp3) is 0.100. The van der Waals surface area contributed by atoms with Crippen LogP contribution < -0.4 is 16.0 Å². The SMILES string of the molecule is NC(=O)C(c1ccnc(Cl)c1)N1c2c(ncc(Cl)c2C(=O)O)NC1c1ccc(F)cc1. The van der Waals surface area contributed by atoms with Crippen molar-refractivity contribution in [3.05, 3.63) is 81.5 Å². The third-order valence-corrected chi connectivity index (χ3v) is 5.32. The summed E-state index contributed by atoms with van der Waals surface area (Å²) in [5.74, 6) is -2.36. The van der Waals surface area contributed by atoms with E-state index in [0.717, 1.165) is 0 Å². The smallest absolute Gasteiger partial charge is 0.339 e. The topological polar surface area (TPSA) is 121 Å². The van der Waals surface area contributed by atoms with Crippen LogP contribution in [0.2, 0.25) is 10.2 Å². The molecular weight excluding hydrogens is 448 g/mol. The number of carboxylic acid groups (broad SMARTS) is 1. The fourth-order valence-corrected chi connectivity index (χ4v) is 3.99. The van der Waals surface area contributed by atoms with Gasteiger partial charge in [0.2, 0.25) is 5.91 Å². The number of pyridine rings is 2. The third-order valence-electron chi connectivity index (χ3n) is 4.83. The molecule has 0 radical (unpaired) electrons. The number of carbonyl (C=O) groups excluding carboxylic acids is 1. The Kier molecular flexibility index (Phi) is 5.38. The molecule has 4 rings (SSSR count). The van der Waals surface area contributed by atoms with E-state index in [9.17, 15) is 19.1 Å². The number of amides is 1. The fourth-order valence-electron chi connectivity index (χ4n) is 3.58. The van der Waals surface area contributed by atoms with Gasteiger partial charge in [-0.25, -0.2) is 19.2 Å². The van der Waals surface area contributed by atoms with Gasteiger partial charge in [-0.2, -0.15) is 0 Å². The number of nitrogens with zero attached hydrogens (tertiary/aromatic N) is 3. The predicted octanol–water partition coefficient (Wildman–Crippen LogP) is 3.78. The van der Waals surface area contributed by atoms with Gasteiger partial charge < -0.3 is 21.1 Å². The Labute approximate surface area is 185 Å². The number of carboxylic acids is 1. The van der Waals surface area contributed by atoms with Crippen molar-refractivity contribution in [2.24, 2.45) is 5.73 Å². The van der Waals surface area contributed by atoms with Crippen LogP contribution in [0.3, 0.4) is 0 Å². The van der Waals surface area contributed by atoms with E-state index in [4.69, 9.17) is 28.9 Å². The molecule has 1 aliphatic rings. The van der Waals surface area contributed by atoms with Crippen molar-refractivity contribution in [1.29, 1.82) is 0 Å². The Morgan fingerprint density at radius 2 is 1.90 bits per heavy atom. The van der Waals surface area contributed by atoms with Crippen molar-refractivity contribution in [1.82, 2.24) is 9.97 Å². The Morgan fingerprint density at radius 3 is 2.52 bits per heavy atom. The van der Waals surface area contributed by atoms with Crippen molar-refractivity contribution in [2.75, 3.05) is 10.2 Å². The number of anilines is 2. The maximum Gasteiger partial charge on any atom is 0.339 e. The number of fused-ring (bicyclic) bond motifs is 1. The van der Waals surface area contributed by atoms with Gasteiger partial charge in [0.05, 0.1) is 10.7 Å². The summed E-state index contributed by atoms with van der Waals surface area (Å²) in [6, 6.07) is 7.34. The van der Waals surface area contributed by atoms with Crippen LogP contribution in [0, 0.1) is 5.82 Å². The lowest BCUT2D eigenvalue weighted by Crippen LogP contribution is -2.40. The van der Waals surface area contributed by atoms with Gasteiger partial charge in [0, 0.05) is 12.4 Å². The summed E-state index contributed by atoms with van der Waals surface area (Å²) in [7, 11) is 0. The first-order valence-electron chi connectivity index (χ1n) is 8.91. The number of aromatic carboxylic acids is 1. The average molecular weight is 462 g/mol. The Bertz CT molecular complexity index is 1190. The summed E-state index contributed by atoms with van der Waals surface area (Å²) in [6.07, 6.45) is 1.80. The highest BCUT2D eigenvalue weighted by Crippen LogP contribution is 2.48. The van der Waals surface area contributed by atoms with Crippen LogP contribution in [0.1, 0.15) is 33.7 Å². The molecule has 2 atom stereocenters. The van der Waals surface area contributed by atoms with Gasteiger partial charge in [0.1, 0.15) is 28.7 Å². The molecule has 0 saturated carbocycles. The van der Waals surface area contributed by atoms with Gasteiger partial charge in [-0.3, -0.25) is 4.79 Å². The monoisotopic (exact) mass is 461 g/mol. The number of halogens is 3. The van der Waals surface area contributed by atoms with Crippen LogP contribution in [-0.4, -0.2) is 27.0 Å². The number of rotatable bonds is 5. The van der Waals surface area contributed by atoms with Crippen molar-refractivity contribution >= 4 is 46.6 Å². The zero-order valence-corrected chi connectivity index (χ0v) is 17.1. The summed E-state index contributed by atoms with van der Waals surface area (Å²) in [5, 5.41) is 12.9. The average Bonchev–Trinajstić information content (AvgIpc) is 3.07. The molecule has 11 heteroatoms. The Morgan fingerprint density at radius 1 is 1.19 bits per heavy atom. The molecule has 1 amide bonds. The Balaban J connectivity index is 1.98. The van der Waals surface area contributed by atoms with Crippen LogP contribution in [0.15, 0.2) is 48.8 Å². The highest BCUT2D eigenvalue weighted by Gasteiger charge is 2.42. The van der Waals surface area contributed by atoms with Crippen molar-refractivity contribution in [3.8, 4) is 0 Å². The van der Waals surface area contributed by atoms with E-state index in [1.54, 1.807) is 6.07 Å². The molecule has 4 N–H and O–H groups in total. The minimum Gasteiger partial charge on any atom is -0.478 e. The first kappa shape index (κ1) is 20.8. The number of primary amides is 1. The number of aromatic nitrogens is 2. The van der Waals surface area contributed by atoms with Crippen LogP contribution >= 0.6 is 23.2 Å². The van der Waals surface area contributed by atoms with E-state index >= 15 is 0 Å². The standard InChI is InChI=1S/C20H14Cl2FN5O3/c21-12-8-26-18-16(14(12)20(30)31)28(19(27-18)9-1-3-11(23)4-2-9)15(17(24)29)10-5-6-25-13(22)7-10/h1-8,15,19H,(H2,24,29)(H,26,27)(H,30,31). The molecule has 3 aromatic rings. The summed E-state index contributed by atoms with van der Waals surface area (Å²) in [4.78, 5) is 34.2.